The number of carbonyl (C=O) groups excluding carboxylic acids is 3. The van der Waals surface area contributed by atoms with Crippen molar-refractivity contribution in [1.82, 2.24) is 25.2 Å². The summed E-state index contributed by atoms with van der Waals surface area (Å²) in [7, 11) is 1.80. The Hall–Kier alpha value is -2.59. The lowest BCUT2D eigenvalue weighted by atomic mass is 9.81. The second-order valence-corrected chi connectivity index (χ2v) is 7.68. The van der Waals surface area contributed by atoms with E-state index >= 15 is 0 Å². The number of rotatable bonds is 11. The molecular formula is C20H29N5O5. The average molecular weight is 419 g/mol. The SMILES string of the molecule is Cn1cc(COCCOCCNC(=O)C2CCC(CN3C(=O)C=CC3=O)CC2)nn1. The highest BCUT2D eigenvalue weighted by molar-refractivity contribution is 6.12. The number of nitrogens with one attached hydrogen (secondary N) is 1. The summed E-state index contributed by atoms with van der Waals surface area (Å²) >= 11 is 0. The molecule has 0 radical (unpaired) electrons. The molecular weight excluding hydrogens is 390 g/mol. The van der Waals surface area contributed by atoms with Crippen LogP contribution in [-0.4, -0.2) is 70.5 Å². The van der Waals surface area contributed by atoms with E-state index in [0.29, 0.717) is 39.5 Å². The predicted molar refractivity (Wildman–Crippen MR) is 106 cm³/mol. The molecule has 0 atom stereocenters. The molecule has 10 nitrogen and oxygen atoms in total. The standard InChI is InChI=1S/C20H29N5O5/c1-24-13-17(22-23-24)14-30-11-10-29-9-8-21-20(28)16-4-2-15(3-5-16)12-25-18(26)6-7-19(25)27/h6-7,13,15-16H,2-5,8-12,14H2,1H3,(H,21,28). The Labute approximate surface area is 175 Å². The maximum atomic E-state index is 12.3. The number of nitrogens with zero attached hydrogens (tertiary/aromatic N) is 4. The van der Waals surface area contributed by atoms with Gasteiger partial charge in [0.15, 0.2) is 0 Å². The molecule has 0 spiro atoms. The Balaban J connectivity index is 1.20. The third-order valence-electron chi connectivity index (χ3n) is 5.38. The van der Waals surface area contributed by atoms with E-state index in [1.807, 2.05) is 0 Å². The molecule has 1 fully saturated rings. The lowest BCUT2D eigenvalue weighted by Gasteiger charge is -2.30. The Morgan fingerprint density at radius 1 is 1.10 bits per heavy atom. The van der Waals surface area contributed by atoms with Crippen LogP contribution < -0.4 is 5.32 Å². The highest BCUT2D eigenvalue weighted by Gasteiger charge is 2.31. The van der Waals surface area contributed by atoms with Crippen molar-refractivity contribution in [1.29, 1.82) is 0 Å². The smallest absolute Gasteiger partial charge is 0.253 e. The summed E-state index contributed by atoms with van der Waals surface area (Å²) in [5, 5.41) is 10.7. The summed E-state index contributed by atoms with van der Waals surface area (Å²) in [6, 6.07) is 0. The Morgan fingerprint density at radius 2 is 1.80 bits per heavy atom. The first-order valence-corrected chi connectivity index (χ1v) is 10.3. The number of carbonyl (C=O) groups is 3. The van der Waals surface area contributed by atoms with Crippen molar-refractivity contribution in [3.63, 3.8) is 0 Å². The largest absolute Gasteiger partial charge is 0.377 e. The van der Waals surface area contributed by atoms with Crippen molar-refractivity contribution >= 4 is 17.7 Å². The zero-order valence-corrected chi connectivity index (χ0v) is 17.3. The molecule has 1 saturated carbocycles. The average Bonchev–Trinajstić information content (AvgIpc) is 3.30. The van der Waals surface area contributed by atoms with Crippen LogP contribution >= 0.6 is 0 Å². The van der Waals surface area contributed by atoms with Gasteiger partial charge in [-0.25, -0.2) is 0 Å². The number of imide groups is 1. The van der Waals surface area contributed by atoms with Gasteiger partial charge in [0.1, 0.15) is 5.69 Å². The minimum absolute atomic E-state index is 0.0142. The number of amides is 3. The van der Waals surface area contributed by atoms with Crippen LogP contribution in [0.3, 0.4) is 0 Å². The van der Waals surface area contributed by atoms with Crippen LogP contribution in [0.15, 0.2) is 18.3 Å². The minimum atomic E-state index is -0.237. The van der Waals surface area contributed by atoms with Crippen molar-refractivity contribution in [2.75, 3.05) is 32.9 Å². The third-order valence-corrected chi connectivity index (χ3v) is 5.38. The van der Waals surface area contributed by atoms with E-state index in [1.54, 1.807) is 17.9 Å². The van der Waals surface area contributed by atoms with Crippen LogP contribution in [0.4, 0.5) is 0 Å². The quantitative estimate of drug-likeness (QED) is 0.402. The number of hydrogen-bond donors (Lipinski definition) is 1. The van der Waals surface area contributed by atoms with Crippen molar-refractivity contribution < 1.29 is 23.9 Å². The first-order valence-electron chi connectivity index (χ1n) is 10.3. The van der Waals surface area contributed by atoms with E-state index in [1.165, 1.54) is 17.1 Å². The van der Waals surface area contributed by atoms with Crippen LogP contribution in [0.25, 0.3) is 0 Å². The zero-order chi connectivity index (χ0) is 21.3. The molecule has 10 heteroatoms. The summed E-state index contributed by atoms with van der Waals surface area (Å²) in [6.07, 6.45) is 7.66. The third kappa shape index (κ3) is 6.46. The number of ether oxygens (including phenoxy) is 2. The molecule has 164 valence electrons. The first-order chi connectivity index (χ1) is 14.5. The molecule has 1 N–H and O–H groups in total. The summed E-state index contributed by atoms with van der Waals surface area (Å²) in [6.45, 7) is 2.64. The first kappa shape index (κ1) is 22.1. The van der Waals surface area contributed by atoms with E-state index in [9.17, 15) is 14.4 Å². The van der Waals surface area contributed by atoms with E-state index in [4.69, 9.17) is 9.47 Å². The monoisotopic (exact) mass is 419 g/mol. The van der Waals surface area contributed by atoms with Crippen LogP contribution in [0.5, 0.6) is 0 Å². The van der Waals surface area contributed by atoms with Crippen LogP contribution in [-0.2, 0) is 37.5 Å². The van der Waals surface area contributed by atoms with Crippen LogP contribution in [0, 0.1) is 11.8 Å². The second-order valence-electron chi connectivity index (χ2n) is 7.68. The van der Waals surface area contributed by atoms with Gasteiger partial charge in [-0.1, -0.05) is 5.21 Å². The van der Waals surface area contributed by atoms with Gasteiger partial charge in [0, 0.05) is 38.2 Å². The van der Waals surface area contributed by atoms with Gasteiger partial charge in [0.2, 0.25) is 5.91 Å². The zero-order valence-electron chi connectivity index (χ0n) is 17.3. The molecule has 1 aliphatic carbocycles. The molecule has 0 aromatic carbocycles. The number of hydrogen-bond acceptors (Lipinski definition) is 7. The number of aromatic nitrogens is 3. The maximum Gasteiger partial charge on any atom is 0.253 e. The summed E-state index contributed by atoms with van der Waals surface area (Å²) < 4.78 is 12.5. The summed E-state index contributed by atoms with van der Waals surface area (Å²) in [5.74, 6) is -0.171. The molecule has 3 rings (SSSR count). The number of aryl methyl sites for hydroxylation is 1. The highest BCUT2D eigenvalue weighted by Crippen LogP contribution is 2.30. The van der Waals surface area contributed by atoms with Crippen molar-refractivity contribution in [3.05, 3.63) is 24.0 Å². The fourth-order valence-electron chi connectivity index (χ4n) is 3.73. The van der Waals surface area contributed by atoms with Crippen molar-refractivity contribution in [2.45, 2.75) is 32.3 Å². The van der Waals surface area contributed by atoms with E-state index < -0.39 is 0 Å². The Bertz CT molecular complexity index is 751. The predicted octanol–water partition coefficient (Wildman–Crippen LogP) is 0.196. The molecule has 0 bridgehead atoms. The van der Waals surface area contributed by atoms with Gasteiger partial charge in [-0.2, -0.15) is 0 Å². The van der Waals surface area contributed by atoms with Gasteiger partial charge >= 0.3 is 0 Å². The molecule has 3 amide bonds. The van der Waals surface area contributed by atoms with Gasteiger partial charge in [-0.15, -0.1) is 5.10 Å². The fourth-order valence-corrected chi connectivity index (χ4v) is 3.73. The van der Waals surface area contributed by atoms with Gasteiger partial charge in [-0.05, 0) is 31.6 Å². The summed E-state index contributed by atoms with van der Waals surface area (Å²) in [5.41, 5.74) is 0.773. The van der Waals surface area contributed by atoms with Crippen LogP contribution in [0.1, 0.15) is 31.4 Å². The summed E-state index contributed by atoms with van der Waals surface area (Å²) in [4.78, 5) is 36.9. The van der Waals surface area contributed by atoms with E-state index in [-0.39, 0.29) is 29.6 Å². The second kappa shape index (κ2) is 11.0. The van der Waals surface area contributed by atoms with Gasteiger partial charge in [-0.3, -0.25) is 24.0 Å². The molecule has 0 saturated heterocycles. The van der Waals surface area contributed by atoms with Crippen molar-refractivity contribution in [2.24, 2.45) is 18.9 Å². The maximum absolute atomic E-state index is 12.3. The lowest BCUT2D eigenvalue weighted by molar-refractivity contribution is -0.138. The topological polar surface area (TPSA) is 116 Å². The lowest BCUT2D eigenvalue weighted by Crippen LogP contribution is -2.39. The van der Waals surface area contributed by atoms with Gasteiger partial charge in [0.25, 0.3) is 11.8 Å². The fraction of sp³-hybridized carbons (Fsp3) is 0.650. The van der Waals surface area contributed by atoms with Crippen molar-refractivity contribution in [3.8, 4) is 0 Å². The van der Waals surface area contributed by atoms with E-state index in [2.05, 4.69) is 15.6 Å². The normalized spacial score (nSPS) is 21.4. The highest BCUT2D eigenvalue weighted by atomic mass is 16.5. The Morgan fingerprint density at radius 3 is 2.47 bits per heavy atom. The Kier molecular flexibility index (Phi) is 8.09. The van der Waals surface area contributed by atoms with Crippen LogP contribution in [0.2, 0.25) is 0 Å². The molecule has 0 unspecified atom stereocenters. The molecule has 1 aromatic heterocycles. The van der Waals surface area contributed by atoms with E-state index in [0.717, 1.165) is 31.4 Å². The molecule has 1 aromatic rings. The molecule has 2 aliphatic rings. The van der Waals surface area contributed by atoms with Gasteiger partial charge in [0.05, 0.1) is 32.6 Å². The van der Waals surface area contributed by atoms with Gasteiger partial charge < -0.3 is 14.8 Å². The molecule has 2 heterocycles. The minimum Gasteiger partial charge on any atom is -0.377 e. The molecule has 1 aliphatic heterocycles. The molecule has 30 heavy (non-hydrogen) atoms.